The Morgan fingerprint density at radius 2 is 1.84 bits per heavy atom. The minimum absolute atomic E-state index is 0.0712. The molecule has 3 saturated heterocycles. The average molecular weight is 683 g/mol. The number of fused-ring (bicyclic) bond motifs is 5. The molecule has 4 fully saturated rings. The molecular formula is C38H62N6O5. The number of phenols is 1. The van der Waals surface area contributed by atoms with Crippen molar-refractivity contribution in [3.8, 4) is 11.5 Å². The molecule has 274 valence electrons. The molecule has 1 aliphatic carbocycles. The van der Waals surface area contributed by atoms with Gasteiger partial charge in [0.25, 0.3) is 0 Å². The molecule has 7 atom stereocenters. The molecule has 1 saturated carbocycles. The number of esters is 1. The smallest absolute Gasteiger partial charge is 0.302 e. The van der Waals surface area contributed by atoms with Crippen molar-refractivity contribution < 1.29 is 24.5 Å². The highest BCUT2D eigenvalue weighted by atomic mass is 16.5. The van der Waals surface area contributed by atoms with Gasteiger partial charge in [-0.2, -0.15) is 0 Å². The summed E-state index contributed by atoms with van der Waals surface area (Å²) in [5, 5.41) is 28.7. The van der Waals surface area contributed by atoms with Crippen molar-refractivity contribution >= 4 is 11.9 Å². The standard InChI is InChI=1S/C38H62N6O5/c1-27(45)48-34(9-6-28-7-10-35(47)36(20-28)49-33-11-16-40-17-12-33)21-32(46)8-5-29-13-18-43-23-30-19-31(24-43)26-44(25-30)38(14-3-2-4-15-38)42-37(39)41-22-29/h7,10,20,29-34,40,46-47H,2-6,8-9,11-19,21-26H2,1H3,(H3,39,41,42)/t29-,30-,31+,32-,34+/m0/s1. The number of nitrogens with two attached hydrogens (primary N) is 1. The van der Waals surface area contributed by atoms with Crippen LogP contribution in [-0.2, 0) is 16.0 Å². The summed E-state index contributed by atoms with van der Waals surface area (Å²) in [6, 6.07) is 5.46. The number of aryl methyl sites for hydroxylation is 1. The lowest BCUT2D eigenvalue weighted by Crippen LogP contribution is -2.67. The average Bonchev–Trinajstić information content (AvgIpc) is 3.09. The van der Waals surface area contributed by atoms with E-state index in [2.05, 4.69) is 20.4 Å². The van der Waals surface area contributed by atoms with Crippen molar-refractivity contribution in [3.05, 3.63) is 23.8 Å². The van der Waals surface area contributed by atoms with Crippen LogP contribution in [0.3, 0.4) is 0 Å². The lowest BCUT2D eigenvalue weighted by Gasteiger charge is -2.54. The lowest BCUT2D eigenvalue weighted by atomic mass is 9.80. The molecule has 5 aliphatic heterocycles. The Morgan fingerprint density at radius 3 is 2.57 bits per heavy atom. The van der Waals surface area contributed by atoms with Crippen molar-refractivity contribution in [2.24, 2.45) is 28.5 Å². The van der Waals surface area contributed by atoms with Crippen molar-refractivity contribution in [2.45, 2.75) is 121 Å². The van der Waals surface area contributed by atoms with E-state index in [4.69, 9.17) is 20.2 Å². The maximum atomic E-state index is 12.0. The number of carbonyl (C=O) groups is 1. The number of rotatable bonds is 11. The fourth-order valence-corrected chi connectivity index (χ4v) is 9.31. The van der Waals surface area contributed by atoms with Gasteiger partial charge in [0.2, 0.25) is 0 Å². The Kier molecular flexibility index (Phi) is 12.6. The first-order valence-electron chi connectivity index (χ1n) is 19.3. The molecule has 1 aromatic carbocycles. The maximum Gasteiger partial charge on any atom is 0.302 e. The van der Waals surface area contributed by atoms with E-state index in [0.29, 0.717) is 61.7 Å². The van der Waals surface area contributed by atoms with E-state index in [1.54, 1.807) is 6.07 Å². The second-order valence-corrected chi connectivity index (χ2v) is 15.8. The first kappa shape index (κ1) is 36.2. The summed E-state index contributed by atoms with van der Waals surface area (Å²) in [7, 11) is 0. The summed E-state index contributed by atoms with van der Waals surface area (Å²) in [5.41, 5.74) is 7.56. The number of nitrogens with one attached hydrogen (secondary N) is 2. The summed E-state index contributed by atoms with van der Waals surface area (Å²) < 4.78 is 11.8. The monoisotopic (exact) mass is 682 g/mol. The third kappa shape index (κ3) is 10.2. The molecule has 6 N–H and O–H groups in total. The molecule has 11 heteroatoms. The fraction of sp³-hybridized carbons (Fsp3) is 0.789. The van der Waals surface area contributed by atoms with E-state index in [1.165, 1.54) is 45.7 Å². The molecule has 1 aromatic rings. The van der Waals surface area contributed by atoms with Crippen molar-refractivity contribution in [1.29, 1.82) is 0 Å². The number of aromatic hydroxyl groups is 1. The van der Waals surface area contributed by atoms with Crippen LogP contribution in [-0.4, -0.2) is 108 Å². The van der Waals surface area contributed by atoms with Crippen LogP contribution in [0.25, 0.3) is 0 Å². The lowest BCUT2D eigenvalue weighted by molar-refractivity contribution is -0.148. The molecule has 0 aromatic heterocycles. The van der Waals surface area contributed by atoms with Gasteiger partial charge >= 0.3 is 5.97 Å². The van der Waals surface area contributed by atoms with Crippen LogP contribution < -0.4 is 21.1 Å². The minimum Gasteiger partial charge on any atom is -0.504 e. The molecule has 1 spiro atoms. The number of nitrogens with zero attached hydrogens (tertiary/aromatic N) is 3. The van der Waals surface area contributed by atoms with Gasteiger partial charge in [0.15, 0.2) is 17.5 Å². The highest BCUT2D eigenvalue weighted by Gasteiger charge is 2.44. The zero-order chi connectivity index (χ0) is 34.2. The number of phenolic OH excluding ortho intramolecular Hbond substituents is 1. The number of aliphatic hydroxyl groups excluding tert-OH is 1. The summed E-state index contributed by atoms with van der Waals surface area (Å²) in [6.07, 6.45) is 12.4. The largest absolute Gasteiger partial charge is 0.504 e. The zero-order valence-electron chi connectivity index (χ0n) is 29.8. The number of hydrogen-bond acceptors (Lipinski definition) is 11. The highest BCUT2D eigenvalue weighted by molar-refractivity contribution is 5.78. The second-order valence-electron chi connectivity index (χ2n) is 15.8. The van der Waals surface area contributed by atoms with Crippen LogP contribution in [0.5, 0.6) is 11.5 Å². The van der Waals surface area contributed by atoms with Crippen molar-refractivity contribution in [3.63, 3.8) is 0 Å². The van der Waals surface area contributed by atoms with Gasteiger partial charge in [0.1, 0.15) is 12.2 Å². The SMILES string of the molecule is CC(=O)O[C@H](CCc1ccc(O)c(OC2CCNCC2)c1)C[C@@H](O)CC[C@H]1CCN2C[C@H]3C[C@@H](C2)CN(C3)C2(CCCCC2)NC(N)=NC1. The first-order chi connectivity index (χ1) is 23.7. The summed E-state index contributed by atoms with van der Waals surface area (Å²) in [6.45, 7) is 9.60. The molecule has 0 amide bonds. The zero-order valence-corrected chi connectivity index (χ0v) is 29.8. The van der Waals surface area contributed by atoms with E-state index < -0.39 is 12.2 Å². The molecule has 7 rings (SSSR count). The van der Waals surface area contributed by atoms with Crippen LogP contribution in [0, 0.1) is 17.8 Å². The third-order valence-corrected chi connectivity index (χ3v) is 11.8. The Hall–Kier alpha value is -2.60. The summed E-state index contributed by atoms with van der Waals surface area (Å²) >= 11 is 0. The maximum absolute atomic E-state index is 12.0. The molecule has 0 radical (unpaired) electrons. The number of aliphatic hydroxyl groups is 1. The normalized spacial score (nSPS) is 30.2. The predicted molar refractivity (Wildman–Crippen MR) is 192 cm³/mol. The minimum atomic E-state index is -0.586. The van der Waals surface area contributed by atoms with E-state index in [-0.39, 0.29) is 23.5 Å². The van der Waals surface area contributed by atoms with Gasteiger partial charge < -0.3 is 41.0 Å². The van der Waals surface area contributed by atoms with E-state index in [9.17, 15) is 15.0 Å². The number of piperidine rings is 3. The number of carbonyl (C=O) groups excluding carboxylic acids is 1. The van der Waals surface area contributed by atoms with Crippen molar-refractivity contribution in [2.75, 3.05) is 52.4 Å². The van der Waals surface area contributed by atoms with E-state index in [1.807, 2.05) is 12.1 Å². The Balaban J connectivity index is 1.05. The molecule has 6 aliphatic rings. The molecule has 49 heavy (non-hydrogen) atoms. The Labute approximate surface area is 293 Å². The second kappa shape index (κ2) is 17.1. The van der Waals surface area contributed by atoms with Gasteiger partial charge in [-0.3, -0.25) is 14.7 Å². The molecule has 11 nitrogen and oxygen atoms in total. The van der Waals surface area contributed by atoms with Gasteiger partial charge in [-0.25, -0.2) is 0 Å². The number of aliphatic imine (C=N–C) groups is 1. The first-order valence-corrected chi connectivity index (χ1v) is 19.3. The van der Waals surface area contributed by atoms with Crippen LogP contribution >= 0.6 is 0 Å². The van der Waals surface area contributed by atoms with E-state index in [0.717, 1.165) is 76.8 Å². The van der Waals surface area contributed by atoms with E-state index >= 15 is 0 Å². The van der Waals surface area contributed by atoms with Gasteiger partial charge in [-0.05, 0) is 132 Å². The number of benzene rings is 1. The van der Waals surface area contributed by atoms with Crippen LogP contribution in [0.2, 0.25) is 0 Å². The number of ether oxygens (including phenoxy) is 2. The van der Waals surface area contributed by atoms with Crippen LogP contribution in [0.4, 0.5) is 0 Å². The topological polar surface area (TPSA) is 145 Å². The fourth-order valence-electron chi connectivity index (χ4n) is 9.31. The Morgan fingerprint density at radius 1 is 1.08 bits per heavy atom. The highest BCUT2D eigenvalue weighted by Crippen LogP contribution is 2.38. The quantitative estimate of drug-likeness (QED) is 0.219. The van der Waals surface area contributed by atoms with Gasteiger partial charge in [-0.1, -0.05) is 12.5 Å². The van der Waals surface area contributed by atoms with Crippen molar-refractivity contribution in [1.82, 2.24) is 20.4 Å². The third-order valence-electron chi connectivity index (χ3n) is 11.8. The van der Waals surface area contributed by atoms with Crippen LogP contribution in [0.1, 0.15) is 96.0 Å². The Bertz CT molecular complexity index is 1240. The molecular weight excluding hydrogens is 620 g/mol. The van der Waals surface area contributed by atoms with Gasteiger partial charge in [0.05, 0.1) is 11.8 Å². The van der Waals surface area contributed by atoms with Gasteiger partial charge in [0, 0.05) is 46.1 Å². The molecule has 4 bridgehead atoms. The summed E-state index contributed by atoms with van der Waals surface area (Å²) in [5.74, 6) is 2.60. The van der Waals surface area contributed by atoms with Gasteiger partial charge in [-0.15, -0.1) is 0 Å². The molecule has 2 unspecified atom stereocenters. The summed E-state index contributed by atoms with van der Waals surface area (Å²) in [4.78, 5) is 22.4. The number of guanidine groups is 1. The molecule has 5 heterocycles. The predicted octanol–water partition coefficient (Wildman–Crippen LogP) is 3.76. The number of hydrogen-bond donors (Lipinski definition) is 5. The van der Waals surface area contributed by atoms with Crippen LogP contribution in [0.15, 0.2) is 23.2 Å².